The minimum atomic E-state index is -0.904. The van der Waals surface area contributed by atoms with Crippen molar-refractivity contribution >= 4 is 12.0 Å². The van der Waals surface area contributed by atoms with Crippen LogP contribution in [0.5, 0.6) is 0 Å². The molecule has 2 atom stereocenters. The van der Waals surface area contributed by atoms with Crippen LogP contribution in [0.15, 0.2) is 0 Å². The summed E-state index contributed by atoms with van der Waals surface area (Å²) in [7, 11) is 4.02. The Bertz CT molecular complexity index is 380. The van der Waals surface area contributed by atoms with Gasteiger partial charge in [-0.25, -0.2) is 9.59 Å². The van der Waals surface area contributed by atoms with Crippen molar-refractivity contribution in [2.45, 2.75) is 50.6 Å². The van der Waals surface area contributed by atoms with Gasteiger partial charge in [-0.2, -0.15) is 0 Å². The Morgan fingerprint density at radius 2 is 1.86 bits per heavy atom. The molecule has 2 amide bonds. The van der Waals surface area contributed by atoms with Crippen molar-refractivity contribution in [1.29, 1.82) is 0 Å². The van der Waals surface area contributed by atoms with E-state index in [1.54, 1.807) is 4.90 Å². The highest BCUT2D eigenvalue weighted by atomic mass is 16.4. The SMILES string of the molecule is CN(C)C1CCN(C(=O)NC(C(=O)O)C2CCCCC2)C1. The summed E-state index contributed by atoms with van der Waals surface area (Å²) in [4.78, 5) is 27.6. The standard InChI is InChI=1S/C15H27N3O3/c1-17(2)12-8-9-18(10-12)15(21)16-13(14(19)20)11-6-4-3-5-7-11/h11-13H,3-10H2,1-2H3,(H,16,21)(H,19,20). The van der Waals surface area contributed by atoms with E-state index in [0.717, 1.165) is 32.1 Å². The van der Waals surface area contributed by atoms with Gasteiger partial charge in [0.1, 0.15) is 6.04 Å². The zero-order valence-electron chi connectivity index (χ0n) is 13.0. The van der Waals surface area contributed by atoms with Crippen LogP contribution < -0.4 is 5.32 Å². The van der Waals surface area contributed by atoms with Gasteiger partial charge < -0.3 is 20.2 Å². The first-order valence-corrected chi connectivity index (χ1v) is 7.93. The smallest absolute Gasteiger partial charge is 0.326 e. The molecule has 1 saturated carbocycles. The third-order valence-corrected chi connectivity index (χ3v) is 4.85. The fraction of sp³-hybridized carbons (Fsp3) is 0.867. The van der Waals surface area contributed by atoms with Crippen LogP contribution in [0.4, 0.5) is 4.79 Å². The van der Waals surface area contributed by atoms with Crippen LogP contribution in [0.25, 0.3) is 0 Å². The molecule has 1 aliphatic carbocycles. The van der Waals surface area contributed by atoms with Gasteiger partial charge in [0.05, 0.1) is 0 Å². The van der Waals surface area contributed by atoms with Crippen LogP contribution in [-0.4, -0.2) is 66.2 Å². The van der Waals surface area contributed by atoms with Crippen LogP contribution in [-0.2, 0) is 4.79 Å². The summed E-state index contributed by atoms with van der Waals surface area (Å²) in [5, 5.41) is 12.2. The van der Waals surface area contributed by atoms with E-state index in [1.807, 2.05) is 14.1 Å². The lowest BCUT2D eigenvalue weighted by atomic mass is 9.84. The quantitative estimate of drug-likeness (QED) is 0.822. The predicted octanol–water partition coefficient (Wildman–Crippen LogP) is 1.37. The van der Waals surface area contributed by atoms with Gasteiger partial charge in [0.25, 0.3) is 0 Å². The van der Waals surface area contributed by atoms with Gasteiger partial charge >= 0.3 is 12.0 Å². The highest BCUT2D eigenvalue weighted by Gasteiger charge is 2.34. The van der Waals surface area contributed by atoms with Crippen LogP contribution in [0.1, 0.15) is 38.5 Å². The Hall–Kier alpha value is -1.30. The Labute approximate surface area is 126 Å². The fourth-order valence-electron chi connectivity index (χ4n) is 3.42. The first-order chi connectivity index (χ1) is 9.99. The van der Waals surface area contributed by atoms with Gasteiger partial charge in [0.2, 0.25) is 0 Å². The molecule has 2 rings (SSSR count). The molecule has 1 saturated heterocycles. The highest BCUT2D eigenvalue weighted by molar-refractivity contribution is 5.83. The van der Waals surface area contributed by atoms with Crippen LogP contribution in [0.3, 0.4) is 0 Å². The summed E-state index contributed by atoms with van der Waals surface area (Å²) < 4.78 is 0. The van der Waals surface area contributed by atoms with Gasteiger partial charge in [0.15, 0.2) is 0 Å². The Kier molecular flexibility index (Phi) is 5.45. The monoisotopic (exact) mass is 297 g/mol. The van der Waals surface area contributed by atoms with Crippen molar-refractivity contribution in [2.75, 3.05) is 27.2 Å². The van der Waals surface area contributed by atoms with Gasteiger partial charge in [-0.1, -0.05) is 19.3 Å². The van der Waals surface area contributed by atoms with Gasteiger partial charge in [-0.15, -0.1) is 0 Å². The molecule has 0 bridgehead atoms. The van der Waals surface area contributed by atoms with Gasteiger partial charge in [-0.3, -0.25) is 0 Å². The van der Waals surface area contributed by atoms with E-state index >= 15 is 0 Å². The molecule has 1 aliphatic heterocycles. The molecule has 2 unspecified atom stereocenters. The van der Waals surface area contributed by atoms with E-state index in [4.69, 9.17) is 0 Å². The van der Waals surface area contributed by atoms with Crippen molar-refractivity contribution in [3.05, 3.63) is 0 Å². The Morgan fingerprint density at radius 3 is 2.38 bits per heavy atom. The maximum absolute atomic E-state index is 12.3. The minimum absolute atomic E-state index is 0.0763. The zero-order valence-corrected chi connectivity index (χ0v) is 13.0. The average molecular weight is 297 g/mol. The lowest BCUT2D eigenvalue weighted by Gasteiger charge is -2.29. The second-order valence-corrected chi connectivity index (χ2v) is 6.52. The van der Waals surface area contributed by atoms with Crippen molar-refractivity contribution < 1.29 is 14.7 Å². The summed E-state index contributed by atoms with van der Waals surface area (Å²) in [6, 6.07) is -0.595. The molecule has 2 N–H and O–H groups in total. The Balaban J connectivity index is 1.91. The number of likely N-dealkylation sites (tertiary alicyclic amines) is 1. The number of rotatable bonds is 4. The number of carbonyl (C=O) groups excluding carboxylic acids is 1. The number of urea groups is 1. The normalized spacial score (nSPS) is 25.1. The van der Waals surface area contributed by atoms with E-state index in [-0.39, 0.29) is 11.9 Å². The lowest BCUT2D eigenvalue weighted by Crippen LogP contribution is -2.51. The summed E-state index contributed by atoms with van der Waals surface area (Å²) >= 11 is 0. The second-order valence-electron chi connectivity index (χ2n) is 6.52. The third kappa shape index (κ3) is 4.09. The summed E-state index contributed by atoms with van der Waals surface area (Å²) in [6.45, 7) is 1.38. The van der Waals surface area contributed by atoms with E-state index in [9.17, 15) is 14.7 Å². The lowest BCUT2D eigenvalue weighted by molar-refractivity contribution is -0.141. The minimum Gasteiger partial charge on any atom is -0.480 e. The second kappa shape index (κ2) is 7.11. The van der Waals surface area contributed by atoms with E-state index in [2.05, 4.69) is 10.2 Å². The molecule has 2 aliphatic rings. The summed E-state index contributed by atoms with van der Waals surface area (Å²) in [5.74, 6) is -0.828. The molecule has 0 aromatic carbocycles. The number of carboxylic acids is 1. The van der Waals surface area contributed by atoms with Gasteiger partial charge in [0, 0.05) is 19.1 Å². The average Bonchev–Trinajstić information content (AvgIpc) is 2.95. The molecule has 0 radical (unpaired) electrons. The van der Waals surface area contributed by atoms with Crippen LogP contribution in [0.2, 0.25) is 0 Å². The topological polar surface area (TPSA) is 72.9 Å². The van der Waals surface area contributed by atoms with Crippen molar-refractivity contribution in [2.24, 2.45) is 5.92 Å². The molecule has 2 fully saturated rings. The highest BCUT2D eigenvalue weighted by Crippen LogP contribution is 2.27. The zero-order chi connectivity index (χ0) is 15.4. The van der Waals surface area contributed by atoms with E-state index < -0.39 is 12.0 Å². The molecule has 21 heavy (non-hydrogen) atoms. The molecular weight excluding hydrogens is 270 g/mol. The number of nitrogens with one attached hydrogen (secondary N) is 1. The first-order valence-electron chi connectivity index (χ1n) is 7.93. The Morgan fingerprint density at radius 1 is 1.19 bits per heavy atom. The first kappa shape index (κ1) is 16.1. The molecule has 6 heteroatoms. The predicted molar refractivity (Wildman–Crippen MR) is 80.2 cm³/mol. The maximum atomic E-state index is 12.3. The van der Waals surface area contributed by atoms with Gasteiger partial charge in [-0.05, 0) is 39.3 Å². The number of carboxylic acid groups (broad SMARTS) is 1. The largest absolute Gasteiger partial charge is 0.480 e. The number of hydrogen-bond donors (Lipinski definition) is 2. The number of amides is 2. The molecule has 0 aromatic heterocycles. The van der Waals surface area contributed by atoms with Crippen LogP contribution in [0, 0.1) is 5.92 Å². The third-order valence-electron chi connectivity index (χ3n) is 4.85. The number of aliphatic carboxylic acids is 1. The molecule has 1 heterocycles. The van der Waals surface area contributed by atoms with E-state index in [0.29, 0.717) is 19.1 Å². The van der Waals surface area contributed by atoms with Crippen LogP contribution >= 0.6 is 0 Å². The molecular formula is C15H27N3O3. The summed E-state index contributed by atoms with van der Waals surface area (Å²) in [5.41, 5.74) is 0. The summed E-state index contributed by atoms with van der Waals surface area (Å²) in [6.07, 6.45) is 6.05. The number of likely N-dealkylation sites (N-methyl/N-ethyl adjacent to an activating group) is 1. The molecule has 6 nitrogen and oxygen atoms in total. The maximum Gasteiger partial charge on any atom is 0.326 e. The number of hydrogen-bond acceptors (Lipinski definition) is 3. The van der Waals surface area contributed by atoms with Crippen molar-refractivity contribution in [3.63, 3.8) is 0 Å². The molecule has 120 valence electrons. The molecule has 0 aromatic rings. The number of carbonyl (C=O) groups is 2. The fourth-order valence-corrected chi connectivity index (χ4v) is 3.42. The van der Waals surface area contributed by atoms with E-state index in [1.165, 1.54) is 6.42 Å². The van der Waals surface area contributed by atoms with Crippen molar-refractivity contribution in [3.8, 4) is 0 Å². The van der Waals surface area contributed by atoms with Crippen molar-refractivity contribution in [1.82, 2.24) is 15.1 Å². The molecule has 0 spiro atoms. The number of nitrogens with zero attached hydrogens (tertiary/aromatic N) is 2.